The van der Waals surface area contributed by atoms with E-state index in [1.807, 2.05) is 26.0 Å². The van der Waals surface area contributed by atoms with Crippen molar-refractivity contribution in [3.05, 3.63) is 60.2 Å². The normalized spacial score (nSPS) is 13.0. The summed E-state index contributed by atoms with van der Waals surface area (Å²) in [6.45, 7) is 4.15. The van der Waals surface area contributed by atoms with Gasteiger partial charge in [-0.25, -0.2) is 9.18 Å². The van der Waals surface area contributed by atoms with Gasteiger partial charge < -0.3 is 15.0 Å². The summed E-state index contributed by atoms with van der Waals surface area (Å²) in [5, 5.41) is 2.84. The lowest BCUT2D eigenvalue weighted by atomic mass is 10.1. The molecular formula is C18H22FN3O2. The van der Waals surface area contributed by atoms with Crippen molar-refractivity contribution in [1.29, 1.82) is 0 Å². The minimum atomic E-state index is -0.310. The Morgan fingerprint density at radius 1 is 1.21 bits per heavy atom. The Bertz CT molecular complexity index is 649. The van der Waals surface area contributed by atoms with Crippen LogP contribution < -0.4 is 10.1 Å². The second kappa shape index (κ2) is 8.29. The van der Waals surface area contributed by atoms with Crippen molar-refractivity contribution in [2.75, 3.05) is 13.6 Å². The number of hydrogen-bond acceptors (Lipinski definition) is 3. The molecule has 1 N–H and O–H groups in total. The third-order valence-corrected chi connectivity index (χ3v) is 3.78. The molecule has 1 heterocycles. The van der Waals surface area contributed by atoms with Crippen molar-refractivity contribution >= 4 is 6.03 Å². The fraction of sp³-hybridized carbons (Fsp3) is 0.333. The molecule has 0 aliphatic heterocycles. The monoisotopic (exact) mass is 331 g/mol. The molecule has 1 aromatic carbocycles. The topological polar surface area (TPSA) is 54.5 Å². The van der Waals surface area contributed by atoms with Crippen molar-refractivity contribution in [2.24, 2.45) is 0 Å². The highest BCUT2D eigenvalue weighted by atomic mass is 19.1. The van der Waals surface area contributed by atoms with Gasteiger partial charge in [-0.15, -0.1) is 0 Å². The average molecular weight is 331 g/mol. The number of hydrogen-bond donors (Lipinski definition) is 1. The Morgan fingerprint density at radius 3 is 2.46 bits per heavy atom. The lowest BCUT2D eigenvalue weighted by molar-refractivity contribution is 0.179. The van der Waals surface area contributed by atoms with Crippen molar-refractivity contribution in [1.82, 2.24) is 15.2 Å². The summed E-state index contributed by atoms with van der Waals surface area (Å²) in [7, 11) is 1.74. The molecule has 2 aromatic rings. The fourth-order valence-corrected chi connectivity index (χ4v) is 2.18. The summed E-state index contributed by atoms with van der Waals surface area (Å²) in [5.41, 5.74) is 1.01. The van der Waals surface area contributed by atoms with Crippen LogP contribution >= 0.6 is 0 Å². The van der Waals surface area contributed by atoms with Gasteiger partial charge in [0.2, 0.25) is 0 Å². The first-order valence-electron chi connectivity index (χ1n) is 7.80. The summed E-state index contributed by atoms with van der Waals surface area (Å²) < 4.78 is 18.5. The predicted molar refractivity (Wildman–Crippen MR) is 90.3 cm³/mol. The first-order valence-corrected chi connectivity index (χ1v) is 7.80. The molecule has 0 fully saturated rings. The van der Waals surface area contributed by atoms with E-state index >= 15 is 0 Å². The largest absolute Gasteiger partial charge is 0.489 e. The van der Waals surface area contributed by atoms with Crippen LogP contribution in [0.15, 0.2) is 48.8 Å². The van der Waals surface area contributed by atoms with E-state index in [4.69, 9.17) is 4.74 Å². The summed E-state index contributed by atoms with van der Waals surface area (Å²) in [6, 6.07) is 9.31. The van der Waals surface area contributed by atoms with Crippen molar-refractivity contribution in [2.45, 2.75) is 26.0 Å². The number of nitrogens with one attached hydrogen (secondary N) is 1. The Kier molecular flexibility index (Phi) is 6.12. The second-order valence-electron chi connectivity index (χ2n) is 5.64. The molecule has 2 rings (SSSR count). The quantitative estimate of drug-likeness (QED) is 0.883. The lowest BCUT2D eigenvalue weighted by Crippen LogP contribution is -2.42. The van der Waals surface area contributed by atoms with Gasteiger partial charge in [0.25, 0.3) is 0 Å². The standard InChI is InChI=1S/C18H22FN3O2/c1-13(24-17-6-4-16(19)5-7-17)12-21-18(23)22(3)14(2)15-8-10-20-11-9-15/h4-11,13-14H,12H2,1-3H3,(H,21,23)/t13-,14+/m0/s1. The van der Waals surface area contributed by atoms with Gasteiger partial charge in [-0.2, -0.15) is 0 Å². The maximum absolute atomic E-state index is 12.9. The predicted octanol–water partition coefficient (Wildman–Crippen LogP) is 3.39. The molecule has 0 aliphatic carbocycles. The number of ether oxygens (including phenoxy) is 1. The van der Waals surface area contributed by atoms with Crippen molar-refractivity contribution < 1.29 is 13.9 Å². The molecule has 2 atom stereocenters. The number of benzene rings is 1. The van der Waals surface area contributed by atoms with E-state index in [0.717, 1.165) is 5.56 Å². The van der Waals surface area contributed by atoms with E-state index in [1.165, 1.54) is 12.1 Å². The molecular weight excluding hydrogens is 309 g/mol. The van der Waals surface area contributed by atoms with Crippen LogP contribution in [0.4, 0.5) is 9.18 Å². The van der Waals surface area contributed by atoms with Crippen molar-refractivity contribution in [3.63, 3.8) is 0 Å². The molecule has 6 heteroatoms. The number of amides is 2. The summed E-state index contributed by atoms with van der Waals surface area (Å²) in [4.78, 5) is 17.9. The third-order valence-electron chi connectivity index (χ3n) is 3.78. The summed E-state index contributed by atoms with van der Waals surface area (Å²) in [6.07, 6.45) is 3.18. The van der Waals surface area contributed by atoms with Crippen LogP contribution in [0.25, 0.3) is 0 Å². The first kappa shape index (κ1) is 17.7. The van der Waals surface area contributed by atoms with Gasteiger partial charge in [-0.1, -0.05) is 0 Å². The minimum Gasteiger partial charge on any atom is -0.489 e. The maximum atomic E-state index is 12.9. The minimum absolute atomic E-state index is 0.0682. The van der Waals surface area contributed by atoms with E-state index in [1.54, 1.807) is 36.5 Å². The number of urea groups is 1. The van der Waals surface area contributed by atoms with Crippen LogP contribution in [-0.2, 0) is 0 Å². The zero-order chi connectivity index (χ0) is 17.5. The zero-order valence-electron chi connectivity index (χ0n) is 14.1. The van der Waals surface area contributed by atoms with E-state index < -0.39 is 0 Å². The number of aromatic nitrogens is 1. The average Bonchev–Trinajstić information content (AvgIpc) is 2.61. The highest BCUT2D eigenvalue weighted by Gasteiger charge is 2.17. The Labute approximate surface area is 141 Å². The molecule has 0 bridgehead atoms. The van der Waals surface area contributed by atoms with Gasteiger partial charge in [0, 0.05) is 19.4 Å². The van der Waals surface area contributed by atoms with Crippen LogP contribution in [-0.4, -0.2) is 35.6 Å². The van der Waals surface area contributed by atoms with E-state index in [0.29, 0.717) is 12.3 Å². The van der Waals surface area contributed by atoms with E-state index in [2.05, 4.69) is 10.3 Å². The zero-order valence-corrected chi connectivity index (χ0v) is 14.1. The van der Waals surface area contributed by atoms with Crippen LogP contribution in [0.5, 0.6) is 5.75 Å². The third kappa shape index (κ3) is 4.94. The Morgan fingerprint density at radius 2 is 1.83 bits per heavy atom. The molecule has 0 spiro atoms. The molecule has 128 valence electrons. The van der Waals surface area contributed by atoms with Gasteiger partial charge in [-0.05, 0) is 55.8 Å². The first-order chi connectivity index (χ1) is 11.5. The Balaban J connectivity index is 1.82. The number of carbonyl (C=O) groups is 1. The molecule has 24 heavy (non-hydrogen) atoms. The molecule has 0 saturated heterocycles. The van der Waals surface area contributed by atoms with Gasteiger partial charge in [0.15, 0.2) is 0 Å². The van der Waals surface area contributed by atoms with E-state index in [-0.39, 0.29) is 24.0 Å². The summed E-state index contributed by atoms with van der Waals surface area (Å²) >= 11 is 0. The number of rotatable bonds is 6. The van der Waals surface area contributed by atoms with Crippen LogP contribution in [0.2, 0.25) is 0 Å². The molecule has 5 nitrogen and oxygen atoms in total. The Hall–Kier alpha value is -2.63. The molecule has 0 saturated carbocycles. The molecule has 2 amide bonds. The maximum Gasteiger partial charge on any atom is 0.317 e. The molecule has 0 radical (unpaired) electrons. The highest BCUT2D eigenvalue weighted by molar-refractivity contribution is 5.74. The fourth-order valence-electron chi connectivity index (χ4n) is 2.18. The summed E-state index contributed by atoms with van der Waals surface area (Å²) in [5.74, 6) is 0.256. The molecule has 0 aliphatic rings. The number of nitrogens with zero attached hydrogens (tertiary/aromatic N) is 2. The van der Waals surface area contributed by atoms with Crippen LogP contribution in [0.1, 0.15) is 25.5 Å². The molecule has 1 aromatic heterocycles. The van der Waals surface area contributed by atoms with Gasteiger partial charge in [-0.3, -0.25) is 4.98 Å². The number of pyridine rings is 1. The van der Waals surface area contributed by atoms with Gasteiger partial charge in [0.05, 0.1) is 12.6 Å². The van der Waals surface area contributed by atoms with Crippen LogP contribution in [0.3, 0.4) is 0 Å². The molecule has 0 unspecified atom stereocenters. The second-order valence-corrected chi connectivity index (χ2v) is 5.64. The number of carbonyl (C=O) groups excluding carboxylic acids is 1. The van der Waals surface area contributed by atoms with Gasteiger partial charge >= 0.3 is 6.03 Å². The number of halogens is 1. The van der Waals surface area contributed by atoms with Gasteiger partial charge in [0.1, 0.15) is 17.7 Å². The van der Waals surface area contributed by atoms with Crippen LogP contribution in [0, 0.1) is 5.82 Å². The lowest BCUT2D eigenvalue weighted by Gasteiger charge is -2.26. The van der Waals surface area contributed by atoms with E-state index in [9.17, 15) is 9.18 Å². The van der Waals surface area contributed by atoms with Crippen molar-refractivity contribution in [3.8, 4) is 5.75 Å². The SMILES string of the molecule is C[C@H](c1ccncc1)N(C)C(=O)NC[C@H](C)Oc1ccc(F)cc1. The smallest absolute Gasteiger partial charge is 0.317 e. The highest BCUT2D eigenvalue weighted by Crippen LogP contribution is 2.17.